The summed E-state index contributed by atoms with van der Waals surface area (Å²) >= 11 is 0. The molecule has 0 spiro atoms. The lowest BCUT2D eigenvalue weighted by Gasteiger charge is -2.14. The van der Waals surface area contributed by atoms with Gasteiger partial charge in [0.15, 0.2) is 0 Å². The quantitative estimate of drug-likeness (QED) is 0.860. The maximum absolute atomic E-state index is 12.1. The van der Waals surface area contributed by atoms with Crippen molar-refractivity contribution in [2.45, 2.75) is 12.9 Å². The third-order valence-corrected chi connectivity index (χ3v) is 2.03. The van der Waals surface area contributed by atoms with E-state index in [1.165, 1.54) is 0 Å². The predicted molar refractivity (Wildman–Crippen MR) is 52.7 cm³/mol. The molecule has 96 valence electrons. The number of rotatable bonds is 3. The number of carbonyl (C=O) groups is 1. The van der Waals surface area contributed by atoms with Crippen LogP contribution in [0.4, 0.5) is 13.2 Å². The summed E-state index contributed by atoms with van der Waals surface area (Å²) in [5.74, 6) is -2.26. The zero-order chi connectivity index (χ0) is 13.9. The number of alkyl halides is 3. The van der Waals surface area contributed by atoms with Crippen LogP contribution in [0, 0.1) is 11.3 Å². The molecule has 0 atom stereocenters. The van der Waals surface area contributed by atoms with Crippen LogP contribution in [-0.4, -0.2) is 17.4 Å². The highest BCUT2D eigenvalue weighted by molar-refractivity contribution is 5.93. The van der Waals surface area contributed by atoms with Crippen LogP contribution in [-0.2, 0) is 6.54 Å². The van der Waals surface area contributed by atoms with E-state index in [1.54, 1.807) is 6.07 Å². The number of benzene rings is 1. The van der Waals surface area contributed by atoms with E-state index in [4.69, 9.17) is 16.1 Å². The van der Waals surface area contributed by atoms with E-state index in [-0.39, 0.29) is 11.1 Å². The summed E-state index contributed by atoms with van der Waals surface area (Å²) in [4.78, 5) is 10.9. The zero-order valence-corrected chi connectivity index (χ0v) is 8.78. The largest absolute Gasteiger partial charge is 0.573 e. The van der Waals surface area contributed by atoms with Crippen molar-refractivity contribution >= 4 is 5.97 Å². The van der Waals surface area contributed by atoms with Crippen LogP contribution in [0.1, 0.15) is 21.5 Å². The van der Waals surface area contributed by atoms with Gasteiger partial charge in [-0.15, -0.1) is 13.2 Å². The number of aromatic carboxylic acids is 1. The number of hydrogen-bond donors (Lipinski definition) is 2. The molecule has 5 nitrogen and oxygen atoms in total. The first kappa shape index (κ1) is 13.8. The van der Waals surface area contributed by atoms with Crippen molar-refractivity contribution in [2.24, 2.45) is 5.73 Å². The normalized spacial score (nSPS) is 10.8. The van der Waals surface area contributed by atoms with Gasteiger partial charge >= 0.3 is 12.3 Å². The lowest BCUT2D eigenvalue weighted by molar-refractivity contribution is -0.274. The summed E-state index contributed by atoms with van der Waals surface area (Å²) in [5.41, 5.74) is 3.97. The topological polar surface area (TPSA) is 96.3 Å². The third-order valence-electron chi connectivity index (χ3n) is 2.03. The van der Waals surface area contributed by atoms with E-state index >= 15 is 0 Å². The summed E-state index contributed by atoms with van der Waals surface area (Å²) in [6.45, 7) is -0.497. The molecule has 0 aromatic heterocycles. The van der Waals surface area contributed by atoms with Gasteiger partial charge in [0.1, 0.15) is 11.8 Å². The number of hydrogen-bond acceptors (Lipinski definition) is 4. The van der Waals surface area contributed by atoms with Gasteiger partial charge in [0.05, 0.1) is 11.1 Å². The summed E-state index contributed by atoms with van der Waals surface area (Å²) in [6, 6.07) is 3.36. The van der Waals surface area contributed by atoms with Gasteiger partial charge in [-0.1, -0.05) is 0 Å². The summed E-state index contributed by atoms with van der Waals surface area (Å²) < 4.78 is 40.0. The average molecular weight is 260 g/mol. The van der Waals surface area contributed by atoms with E-state index in [2.05, 4.69) is 4.74 Å². The molecular formula is C10H7F3N2O3. The van der Waals surface area contributed by atoms with E-state index < -0.39 is 30.2 Å². The summed E-state index contributed by atoms with van der Waals surface area (Å²) in [7, 11) is 0. The Hall–Kier alpha value is -2.27. The van der Waals surface area contributed by atoms with Crippen LogP contribution in [0.3, 0.4) is 0 Å². The molecule has 0 saturated heterocycles. The zero-order valence-electron chi connectivity index (χ0n) is 8.78. The Morgan fingerprint density at radius 2 is 2.11 bits per heavy atom. The SMILES string of the molecule is N#Cc1ccc(OC(F)(F)F)c(CN)c1C(=O)O. The first-order valence-corrected chi connectivity index (χ1v) is 4.55. The van der Waals surface area contributed by atoms with Gasteiger partial charge in [-0.25, -0.2) is 4.79 Å². The Labute approximate surface area is 99.2 Å². The molecule has 0 aliphatic heterocycles. The minimum atomic E-state index is -4.96. The molecule has 8 heteroatoms. The van der Waals surface area contributed by atoms with Crippen molar-refractivity contribution in [1.29, 1.82) is 5.26 Å². The number of carboxylic acid groups (broad SMARTS) is 1. The van der Waals surface area contributed by atoms with Crippen molar-refractivity contribution in [1.82, 2.24) is 0 Å². The lowest BCUT2D eigenvalue weighted by atomic mass is 10.0. The fraction of sp³-hybridized carbons (Fsp3) is 0.200. The second-order valence-corrected chi connectivity index (χ2v) is 3.13. The van der Waals surface area contributed by atoms with Gasteiger partial charge < -0.3 is 15.6 Å². The molecule has 0 unspecified atom stereocenters. The monoisotopic (exact) mass is 260 g/mol. The Kier molecular flexibility index (Phi) is 3.78. The molecular weight excluding hydrogens is 253 g/mol. The first-order valence-electron chi connectivity index (χ1n) is 4.55. The van der Waals surface area contributed by atoms with Crippen molar-refractivity contribution in [3.63, 3.8) is 0 Å². The van der Waals surface area contributed by atoms with E-state index in [0.29, 0.717) is 0 Å². The Morgan fingerprint density at radius 1 is 1.50 bits per heavy atom. The minimum absolute atomic E-state index is 0.280. The molecule has 3 N–H and O–H groups in total. The molecule has 0 amide bonds. The van der Waals surface area contributed by atoms with Gasteiger partial charge in [0.25, 0.3) is 0 Å². The Morgan fingerprint density at radius 3 is 2.50 bits per heavy atom. The number of carboxylic acids is 1. The van der Waals surface area contributed by atoms with E-state index in [1.807, 2.05) is 0 Å². The lowest BCUT2D eigenvalue weighted by Crippen LogP contribution is -2.20. The van der Waals surface area contributed by atoms with Gasteiger partial charge in [-0.3, -0.25) is 0 Å². The van der Waals surface area contributed by atoms with Crippen LogP contribution >= 0.6 is 0 Å². The predicted octanol–water partition coefficient (Wildman–Crippen LogP) is 1.61. The van der Waals surface area contributed by atoms with Gasteiger partial charge in [-0.05, 0) is 12.1 Å². The number of halogens is 3. The van der Waals surface area contributed by atoms with Crippen LogP contribution < -0.4 is 10.5 Å². The number of ether oxygens (including phenoxy) is 1. The molecule has 0 bridgehead atoms. The maximum atomic E-state index is 12.1. The molecule has 0 saturated carbocycles. The van der Waals surface area contributed by atoms with Crippen LogP contribution in [0.25, 0.3) is 0 Å². The molecule has 0 fully saturated rings. The fourth-order valence-electron chi connectivity index (χ4n) is 1.39. The molecule has 1 aromatic carbocycles. The second-order valence-electron chi connectivity index (χ2n) is 3.13. The highest BCUT2D eigenvalue weighted by Crippen LogP contribution is 2.30. The number of nitrogens with two attached hydrogens (primary N) is 1. The van der Waals surface area contributed by atoms with E-state index in [0.717, 1.165) is 12.1 Å². The number of nitriles is 1. The van der Waals surface area contributed by atoms with Crippen molar-refractivity contribution < 1.29 is 27.8 Å². The van der Waals surface area contributed by atoms with Crippen molar-refractivity contribution in [2.75, 3.05) is 0 Å². The molecule has 1 rings (SSSR count). The van der Waals surface area contributed by atoms with Crippen LogP contribution in [0.2, 0.25) is 0 Å². The van der Waals surface area contributed by atoms with Gasteiger partial charge in [-0.2, -0.15) is 5.26 Å². The third kappa shape index (κ3) is 2.89. The Balaban J connectivity index is 3.44. The highest BCUT2D eigenvalue weighted by atomic mass is 19.4. The van der Waals surface area contributed by atoms with Gasteiger partial charge in [0.2, 0.25) is 0 Å². The van der Waals surface area contributed by atoms with Gasteiger partial charge in [0, 0.05) is 12.1 Å². The molecule has 0 aliphatic carbocycles. The van der Waals surface area contributed by atoms with Crippen molar-refractivity contribution in [3.05, 3.63) is 28.8 Å². The molecule has 1 aromatic rings. The van der Waals surface area contributed by atoms with Crippen LogP contribution in [0.15, 0.2) is 12.1 Å². The maximum Gasteiger partial charge on any atom is 0.573 e. The number of nitrogens with zero attached hydrogens (tertiary/aromatic N) is 1. The fourth-order valence-corrected chi connectivity index (χ4v) is 1.39. The van der Waals surface area contributed by atoms with E-state index in [9.17, 15) is 18.0 Å². The molecule has 0 aliphatic rings. The standard InChI is InChI=1S/C10H7F3N2O3/c11-10(12,13)18-7-2-1-5(3-14)8(9(16)17)6(7)4-15/h1-2H,4,15H2,(H,16,17). The minimum Gasteiger partial charge on any atom is -0.478 e. The highest BCUT2D eigenvalue weighted by Gasteiger charge is 2.33. The van der Waals surface area contributed by atoms with Crippen molar-refractivity contribution in [3.8, 4) is 11.8 Å². The molecule has 18 heavy (non-hydrogen) atoms. The summed E-state index contributed by atoms with van der Waals surface area (Å²) in [5, 5.41) is 17.6. The molecule has 0 radical (unpaired) electrons. The molecule has 0 heterocycles. The average Bonchev–Trinajstić information content (AvgIpc) is 2.26. The second kappa shape index (κ2) is 4.93. The Bertz CT molecular complexity index is 520. The van der Waals surface area contributed by atoms with Crippen LogP contribution in [0.5, 0.6) is 5.75 Å². The first-order chi connectivity index (χ1) is 8.30. The summed E-state index contributed by atoms with van der Waals surface area (Å²) in [6.07, 6.45) is -4.96. The smallest absolute Gasteiger partial charge is 0.478 e.